The third-order valence-corrected chi connectivity index (χ3v) is 5.14. The number of hydrogen-bond donors (Lipinski definition) is 1. The maximum absolute atomic E-state index is 11.1. The molecule has 2 atom stereocenters. The van der Waals surface area contributed by atoms with E-state index in [1.807, 2.05) is 22.9 Å². The maximum Gasteiger partial charge on any atom is 0.230 e. The van der Waals surface area contributed by atoms with Crippen LogP contribution in [-0.2, 0) is 4.79 Å². The van der Waals surface area contributed by atoms with Gasteiger partial charge in [0.25, 0.3) is 0 Å². The molecular weight excluding hydrogens is 244 g/mol. The summed E-state index contributed by atoms with van der Waals surface area (Å²) in [6.07, 6.45) is 6.41. The Morgan fingerprint density at radius 2 is 2.62 bits per heavy atom. The Morgan fingerprint density at radius 3 is 3.31 bits per heavy atom. The van der Waals surface area contributed by atoms with Crippen LogP contribution in [0.5, 0.6) is 0 Å². The second-order valence-corrected chi connectivity index (χ2v) is 6.06. The van der Waals surface area contributed by atoms with E-state index in [0.29, 0.717) is 17.0 Å². The lowest BCUT2D eigenvalue weighted by atomic mass is 10.2. The summed E-state index contributed by atoms with van der Waals surface area (Å²) in [4.78, 5) is 13.0. The number of β-lactam (4-membered cyclic amide) rings is 1. The minimum absolute atomic E-state index is 0.233. The van der Waals surface area contributed by atoms with Crippen molar-refractivity contribution in [2.45, 2.75) is 22.1 Å². The number of carbonyl (C=O) groups is 1. The zero-order chi connectivity index (χ0) is 11.0. The summed E-state index contributed by atoms with van der Waals surface area (Å²) in [6, 6.07) is 0. The minimum atomic E-state index is 0.233. The maximum atomic E-state index is 11.1. The van der Waals surface area contributed by atoms with Crippen molar-refractivity contribution in [3.63, 3.8) is 0 Å². The van der Waals surface area contributed by atoms with Crippen molar-refractivity contribution in [3.8, 4) is 0 Å². The highest BCUT2D eigenvalue weighted by atomic mass is 32.2. The Morgan fingerprint density at radius 1 is 1.69 bits per heavy atom. The smallest absolute Gasteiger partial charge is 0.230 e. The van der Waals surface area contributed by atoms with E-state index in [9.17, 15) is 4.79 Å². The van der Waals surface area contributed by atoms with Gasteiger partial charge in [-0.15, -0.1) is 28.6 Å². The first-order chi connectivity index (χ1) is 7.83. The predicted molar refractivity (Wildman–Crippen MR) is 62.9 cm³/mol. The van der Waals surface area contributed by atoms with Crippen LogP contribution in [0.1, 0.15) is 6.42 Å². The molecule has 5 nitrogen and oxygen atoms in total. The summed E-state index contributed by atoms with van der Waals surface area (Å²) in [5.41, 5.74) is 0. The fraction of sp³-hybridized carbons (Fsp3) is 0.444. The van der Waals surface area contributed by atoms with Gasteiger partial charge in [-0.05, 0) is 0 Å². The van der Waals surface area contributed by atoms with Crippen molar-refractivity contribution in [1.82, 2.24) is 20.3 Å². The molecule has 0 aromatic carbocycles. The van der Waals surface area contributed by atoms with E-state index in [1.54, 1.807) is 18.0 Å². The second-order valence-electron chi connectivity index (χ2n) is 3.60. The summed E-state index contributed by atoms with van der Waals surface area (Å²) >= 11 is 3.53. The number of nitrogens with one attached hydrogen (secondary N) is 1. The van der Waals surface area contributed by atoms with E-state index in [1.165, 1.54) is 0 Å². The number of hydrogen-bond acceptors (Lipinski definition) is 5. The van der Waals surface area contributed by atoms with Gasteiger partial charge >= 0.3 is 0 Å². The lowest BCUT2D eigenvalue weighted by molar-refractivity contribution is -0.137. The highest BCUT2D eigenvalue weighted by molar-refractivity contribution is 8.03. The normalized spacial score (nSPS) is 27.8. The van der Waals surface area contributed by atoms with Gasteiger partial charge in [-0.25, -0.2) is 0 Å². The van der Waals surface area contributed by atoms with Crippen LogP contribution in [0, 0.1) is 0 Å². The average molecular weight is 254 g/mol. The fourth-order valence-corrected chi connectivity index (χ4v) is 3.97. The SMILES string of the molecule is O=C1C[C@H]2SC(CSc3cn[nH]n3)C=CN12. The summed E-state index contributed by atoms with van der Waals surface area (Å²) in [5, 5.41) is 12.1. The fourth-order valence-electron chi connectivity index (χ4n) is 1.65. The quantitative estimate of drug-likeness (QED) is 0.646. The van der Waals surface area contributed by atoms with Gasteiger partial charge in [-0.3, -0.25) is 4.79 Å². The third kappa shape index (κ3) is 1.84. The molecule has 16 heavy (non-hydrogen) atoms. The number of rotatable bonds is 3. The van der Waals surface area contributed by atoms with Crippen LogP contribution >= 0.6 is 23.5 Å². The first kappa shape index (κ1) is 10.2. The van der Waals surface area contributed by atoms with Crippen LogP contribution in [0.2, 0.25) is 0 Å². The van der Waals surface area contributed by atoms with Crippen molar-refractivity contribution < 1.29 is 4.79 Å². The van der Waals surface area contributed by atoms with Crippen LogP contribution in [0.15, 0.2) is 23.5 Å². The molecule has 2 aliphatic rings. The lowest BCUT2D eigenvalue weighted by Crippen LogP contribution is -2.49. The van der Waals surface area contributed by atoms with Gasteiger partial charge in [0.05, 0.1) is 18.0 Å². The van der Waals surface area contributed by atoms with Crippen molar-refractivity contribution >= 4 is 29.4 Å². The van der Waals surface area contributed by atoms with E-state index in [0.717, 1.165) is 10.8 Å². The molecular formula is C9H10N4OS2. The summed E-state index contributed by atoms with van der Waals surface area (Å²) in [7, 11) is 0. The standard InChI is InChI=1S/C9H10N4OS2/c14-8-3-9-13(8)2-1-6(16-9)5-15-7-4-10-12-11-7/h1-2,4,6,9H,3,5H2,(H,10,11,12)/t6?,9-/m1/s1. The molecule has 0 radical (unpaired) electrons. The molecule has 1 saturated heterocycles. The molecule has 1 N–H and O–H groups in total. The van der Waals surface area contributed by atoms with Gasteiger partial charge < -0.3 is 4.90 Å². The van der Waals surface area contributed by atoms with Gasteiger partial charge in [0.15, 0.2) is 0 Å². The first-order valence-electron chi connectivity index (χ1n) is 4.96. The van der Waals surface area contributed by atoms with Gasteiger partial charge in [-0.1, -0.05) is 6.08 Å². The summed E-state index contributed by atoms with van der Waals surface area (Å²) in [5.74, 6) is 1.20. The highest BCUT2D eigenvalue weighted by Gasteiger charge is 2.38. The van der Waals surface area contributed by atoms with E-state index in [-0.39, 0.29) is 5.91 Å². The molecule has 2 aliphatic heterocycles. The summed E-state index contributed by atoms with van der Waals surface area (Å²) in [6.45, 7) is 0. The minimum Gasteiger partial charge on any atom is -0.306 e. The number of amides is 1. The molecule has 0 saturated carbocycles. The molecule has 84 valence electrons. The molecule has 1 fully saturated rings. The number of aromatic amines is 1. The topological polar surface area (TPSA) is 61.9 Å². The zero-order valence-corrected chi connectivity index (χ0v) is 10.0. The number of fused-ring (bicyclic) bond motifs is 1. The zero-order valence-electron chi connectivity index (χ0n) is 8.37. The van der Waals surface area contributed by atoms with Gasteiger partial charge in [0.1, 0.15) is 5.03 Å². The summed E-state index contributed by atoms with van der Waals surface area (Å²) < 4.78 is 0. The van der Waals surface area contributed by atoms with Crippen molar-refractivity contribution in [2.75, 3.05) is 5.75 Å². The van der Waals surface area contributed by atoms with Gasteiger partial charge in [-0.2, -0.15) is 10.3 Å². The molecule has 1 aromatic heterocycles. The van der Waals surface area contributed by atoms with E-state index >= 15 is 0 Å². The van der Waals surface area contributed by atoms with Crippen LogP contribution in [-0.4, -0.2) is 42.6 Å². The van der Waals surface area contributed by atoms with Crippen molar-refractivity contribution in [2.24, 2.45) is 0 Å². The largest absolute Gasteiger partial charge is 0.306 e. The van der Waals surface area contributed by atoms with Crippen molar-refractivity contribution in [1.29, 1.82) is 0 Å². The molecule has 3 heterocycles. The van der Waals surface area contributed by atoms with Crippen LogP contribution < -0.4 is 0 Å². The first-order valence-corrected chi connectivity index (χ1v) is 6.89. The van der Waals surface area contributed by atoms with Crippen LogP contribution in [0.3, 0.4) is 0 Å². The third-order valence-electron chi connectivity index (χ3n) is 2.53. The molecule has 1 amide bonds. The molecule has 1 aromatic rings. The molecule has 7 heteroatoms. The highest BCUT2D eigenvalue weighted by Crippen LogP contribution is 2.38. The van der Waals surface area contributed by atoms with E-state index < -0.39 is 0 Å². The predicted octanol–water partition coefficient (Wildman–Crippen LogP) is 1.08. The van der Waals surface area contributed by atoms with Crippen molar-refractivity contribution in [3.05, 3.63) is 18.5 Å². The van der Waals surface area contributed by atoms with Crippen LogP contribution in [0.4, 0.5) is 0 Å². The van der Waals surface area contributed by atoms with Crippen LogP contribution in [0.25, 0.3) is 0 Å². The number of thioether (sulfide) groups is 2. The van der Waals surface area contributed by atoms with Gasteiger partial charge in [0.2, 0.25) is 5.91 Å². The molecule has 0 aliphatic carbocycles. The number of H-pyrrole nitrogens is 1. The molecule has 0 bridgehead atoms. The monoisotopic (exact) mass is 254 g/mol. The number of carbonyl (C=O) groups excluding carboxylic acids is 1. The molecule has 0 spiro atoms. The molecule has 1 unspecified atom stereocenters. The average Bonchev–Trinajstić information content (AvgIpc) is 2.77. The number of nitrogens with zero attached hydrogens (tertiary/aromatic N) is 3. The Hall–Kier alpha value is -0.950. The lowest BCUT2D eigenvalue weighted by Gasteiger charge is -2.41. The van der Waals surface area contributed by atoms with E-state index in [4.69, 9.17) is 0 Å². The Labute approximate surface area is 101 Å². The van der Waals surface area contributed by atoms with E-state index in [2.05, 4.69) is 21.5 Å². The van der Waals surface area contributed by atoms with Gasteiger partial charge in [0, 0.05) is 17.2 Å². The molecule has 3 rings (SSSR count). The Balaban J connectivity index is 1.55. The Kier molecular flexibility index (Phi) is 2.64. The second kappa shape index (κ2) is 4.14. The number of aromatic nitrogens is 3. The Bertz CT molecular complexity index is 419.